The summed E-state index contributed by atoms with van der Waals surface area (Å²) in [5, 5.41) is 0. The van der Waals surface area contributed by atoms with E-state index in [9.17, 15) is 4.79 Å². The molecule has 1 atom stereocenters. The standard InChI is InChI=1S/C13H19N3O3/c1-3-6-19-12-7-11(14-9-15-12)16-5-4-10(8-16)13(17)18-2/h7,9-10H,3-6,8H2,1-2H3. The molecule has 1 fully saturated rings. The maximum absolute atomic E-state index is 11.5. The van der Waals surface area contributed by atoms with Gasteiger partial charge in [0.25, 0.3) is 0 Å². The highest BCUT2D eigenvalue weighted by atomic mass is 16.5. The number of methoxy groups -OCH3 is 1. The monoisotopic (exact) mass is 265 g/mol. The molecule has 2 rings (SSSR count). The van der Waals surface area contributed by atoms with Crippen molar-refractivity contribution in [1.29, 1.82) is 0 Å². The van der Waals surface area contributed by atoms with Crippen molar-refractivity contribution in [3.05, 3.63) is 12.4 Å². The topological polar surface area (TPSA) is 64.5 Å². The average molecular weight is 265 g/mol. The molecule has 2 heterocycles. The van der Waals surface area contributed by atoms with Crippen LogP contribution < -0.4 is 9.64 Å². The molecule has 19 heavy (non-hydrogen) atoms. The van der Waals surface area contributed by atoms with Crippen molar-refractivity contribution < 1.29 is 14.3 Å². The molecule has 6 heteroatoms. The smallest absolute Gasteiger partial charge is 0.310 e. The Morgan fingerprint density at radius 3 is 3.11 bits per heavy atom. The number of aromatic nitrogens is 2. The number of anilines is 1. The molecule has 1 aromatic rings. The van der Waals surface area contributed by atoms with Gasteiger partial charge in [-0.1, -0.05) is 6.92 Å². The third-order valence-corrected chi connectivity index (χ3v) is 3.13. The normalized spacial score (nSPS) is 18.4. The fourth-order valence-corrected chi connectivity index (χ4v) is 2.12. The van der Waals surface area contributed by atoms with Gasteiger partial charge in [0.05, 0.1) is 19.6 Å². The molecule has 6 nitrogen and oxygen atoms in total. The predicted octanol–water partition coefficient (Wildman–Crippen LogP) is 1.26. The highest BCUT2D eigenvalue weighted by Crippen LogP contribution is 2.24. The van der Waals surface area contributed by atoms with Gasteiger partial charge in [-0.15, -0.1) is 0 Å². The van der Waals surface area contributed by atoms with Crippen molar-refractivity contribution in [1.82, 2.24) is 9.97 Å². The lowest BCUT2D eigenvalue weighted by Crippen LogP contribution is -2.24. The number of esters is 1. The van der Waals surface area contributed by atoms with E-state index in [1.807, 2.05) is 13.0 Å². The molecular formula is C13H19N3O3. The molecule has 104 valence electrons. The summed E-state index contributed by atoms with van der Waals surface area (Å²) in [5.41, 5.74) is 0. The minimum absolute atomic E-state index is 0.0695. The number of hydrogen-bond donors (Lipinski definition) is 0. The zero-order valence-corrected chi connectivity index (χ0v) is 11.3. The average Bonchev–Trinajstić information content (AvgIpc) is 2.94. The Labute approximate surface area is 112 Å². The summed E-state index contributed by atoms with van der Waals surface area (Å²) >= 11 is 0. The molecule has 1 unspecified atom stereocenters. The van der Waals surface area contributed by atoms with E-state index in [1.54, 1.807) is 0 Å². The van der Waals surface area contributed by atoms with Crippen LogP contribution in [0.1, 0.15) is 19.8 Å². The van der Waals surface area contributed by atoms with Crippen LogP contribution in [0.2, 0.25) is 0 Å². The van der Waals surface area contributed by atoms with Gasteiger partial charge in [-0.2, -0.15) is 0 Å². The van der Waals surface area contributed by atoms with Crippen LogP contribution >= 0.6 is 0 Å². The van der Waals surface area contributed by atoms with Crippen molar-refractivity contribution in [3.8, 4) is 5.88 Å². The summed E-state index contributed by atoms with van der Waals surface area (Å²) < 4.78 is 10.3. The SMILES string of the molecule is CCCOc1cc(N2CCC(C(=O)OC)C2)ncn1. The van der Waals surface area contributed by atoms with Crippen molar-refractivity contribution in [3.63, 3.8) is 0 Å². The van der Waals surface area contributed by atoms with Crippen molar-refractivity contribution >= 4 is 11.8 Å². The Kier molecular flexibility index (Phi) is 4.54. The molecule has 0 radical (unpaired) electrons. The Morgan fingerprint density at radius 1 is 1.53 bits per heavy atom. The molecule has 0 N–H and O–H groups in total. The van der Waals surface area contributed by atoms with E-state index >= 15 is 0 Å². The molecule has 1 saturated heterocycles. The zero-order chi connectivity index (χ0) is 13.7. The van der Waals surface area contributed by atoms with E-state index in [0.717, 1.165) is 25.2 Å². The maximum Gasteiger partial charge on any atom is 0.310 e. The van der Waals surface area contributed by atoms with Gasteiger partial charge in [-0.25, -0.2) is 9.97 Å². The van der Waals surface area contributed by atoms with Gasteiger partial charge in [-0.05, 0) is 12.8 Å². The van der Waals surface area contributed by atoms with Crippen LogP contribution in [0.5, 0.6) is 5.88 Å². The fraction of sp³-hybridized carbons (Fsp3) is 0.615. The van der Waals surface area contributed by atoms with Gasteiger partial charge in [0.15, 0.2) is 0 Å². The molecule has 0 saturated carbocycles. The number of rotatable bonds is 5. The first-order valence-corrected chi connectivity index (χ1v) is 6.52. The first kappa shape index (κ1) is 13.6. The molecule has 0 spiro atoms. The Bertz CT molecular complexity index is 439. The lowest BCUT2D eigenvalue weighted by atomic mass is 10.1. The Balaban J connectivity index is 2.00. The van der Waals surface area contributed by atoms with Crippen LogP contribution in [0.15, 0.2) is 12.4 Å². The van der Waals surface area contributed by atoms with E-state index < -0.39 is 0 Å². The predicted molar refractivity (Wildman–Crippen MR) is 70.2 cm³/mol. The maximum atomic E-state index is 11.5. The van der Waals surface area contributed by atoms with Gasteiger partial charge in [0.1, 0.15) is 12.1 Å². The van der Waals surface area contributed by atoms with Gasteiger partial charge in [0, 0.05) is 19.2 Å². The fourth-order valence-electron chi connectivity index (χ4n) is 2.12. The van der Waals surface area contributed by atoms with Crippen molar-refractivity contribution in [2.45, 2.75) is 19.8 Å². The minimum Gasteiger partial charge on any atom is -0.478 e. The summed E-state index contributed by atoms with van der Waals surface area (Å²) in [7, 11) is 1.42. The second-order valence-corrected chi connectivity index (χ2v) is 4.52. The Hall–Kier alpha value is -1.85. The highest BCUT2D eigenvalue weighted by Gasteiger charge is 2.29. The molecular weight excluding hydrogens is 246 g/mol. The third-order valence-electron chi connectivity index (χ3n) is 3.13. The largest absolute Gasteiger partial charge is 0.478 e. The van der Waals surface area contributed by atoms with Gasteiger partial charge >= 0.3 is 5.97 Å². The van der Waals surface area contributed by atoms with Crippen molar-refractivity contribution in [2.75, 3.05) is 31.7 Å². The summed E-state index contributed by atoms with van der Waals surface area (Å²) in [5.74, 6) is 1.15. The number of ether oxygens (including phenoxy) is 2. The van der Waals surface area contributed by atoms with Gasteiger partial charge in [0.2, 0.25) is 5.88 Å². The van der Waals surface area contributed by atoms with Crippen molar-refractivity contribution in [2.24, 2.45) is 5.92 Å². The first-order chi connectivity index (χ1) is 9.24. The molecule has 0 bridgehead atoms. The van der Waals surface area contributed by atoms with Crippen LogP contribution in [0.3, 0.4) is 0 Å². The number of hydrogen-bond acceptors (Lipinski definition) is 6. The van der Waals surface area contributed by atoms with Crippen LogP contribution in [-0.4, -0.2) is 42.7 Å². The number of carbonyl (C=O) groups excluding carboxylic acids is 1. The third kappa shape index (κ3) is 3.33. The summed E-state index contributed by atoms with van der Waals surface area (Å²) in [4.78, 5) is 21.8. The minimum atomic E-state index is -0.154. The Morgan fingerprint density at radius 2 is 2.37 bits per heavy atom. The second-order valence-electron chi connectivity index (χ2n) is 4.52. The molecule has 0 aromatic carbocycles. The molecule has 1 aliphatic heterocycles. The number of carbonyl (C=O) groups is 1. The zero-order valence-electron chi connectivity index (χ0n) is 11.3. The highest BCUT2D eigenvalue weighted by molar-refractivity contribution is 5.74. The molecule has 1 aliphatic rings. The second kappa shape index (κ2) is 6.36. The van der Waals surface area contributed by atoms with Crippen LogP contribution in [0.4, 0.5) is 5.82 Å². The summed E-state index contributed by atoms with van der Waals surface area (Å²) in [6.07, 6.45) is 3.22. The van der Waals surface area contributed by atoms with Crippen LogP contribution in [0, 0.1) is 5.92 Å². The lowest BCUT2D eigenvalue weighted by Gasteiger charge is -2.17. The van der Waals surface area contributed by atoms with Crippen LogP contribution in [-0.2, 0) is 9.53 Å². The lowest BCUT2D eigenvalue weighted by molar-refractivity contribution is -0.144. The molecule has 0 amide bonds. The van der Waals surface area contributed by atoms with E-state index in [1.165, 1.54) is 13.4 Å². The first-order valence-electron chi connectivity index (χ1n) is 6.52. The molecule has 0 aliphatic carbocycles. The van der Waals surface area contributed by atoms with Crippen LogP contribution in [0.25, 0.3) is 0 Å². The van der Waals surface area contributed by atoms with E-state index in [2.05, 4.69) is 14.9 Å². The summed E-state index contributed by atoms with van der Waals surface area (Å²) in [6, 6.07) is 1.81. The van der Waals surface area contributed by atoms with E-state index in [4.69, 9.17) is 9.47 Å². The quantitative estimate of drug-likeness (QED) is 0.747. The summed E-state index contributed by atoms with van der Waals surface area (Å²) in [6.45, 7) is 4.12. The molecule has 1 aromatic heterocycles. The van der Waals surface area contributed by atoms with Gasteiger partial charge in [-0.3, -0.25) is 4.79 Å². The number of nitrogens with zero attached hydrogens (tertiary/aromatic N) is 3. The van der Waals surface area contributed by atoms with E-state index in [-0.39, 0.29) is 11.9 Å². The van der Waals surface area contributed by atoms with E-state index in [0.29, 0.717) is 19.0 Å². The van der Waals surface area contributed by atoms with Gasteiger partial charge < -0.3 is 14.4 Å².